The summed E-state index contributed by atoms with van der Waals surface area (Å²) in [5.74, 6) is 0.0628. The highest BCUT2D eigenvalue weighted by molar-refractivity contribution is 7.90. The average Bonchev–Trinajstić information content (AvgIpc) is 2.97. The van der Waals surface area contributed by atoms with Gasteiger partial charge in [0.05, 0.1) is 4.90 Å². The highest BCUT2D eigenvalue weighted by Crippen LogP contribution is 2.36. The Morgan fingerprint density at radius 3 is 2.33 bits per heavy atom. The van der Waals surface area contributed by atoms with E-state index in [9.17, 15) is 18.6 Å². The molecule has 3 rings (SSSR count). The van der Waals surface area contributed by atoms with E-state index in [2.05, 4.69) is 10.2 Å². The summed E-state index contributed by atoms with van der Waals surface area (Å²) < 4.78 is 23.5. The van der Waals surface area contributed by atoms with E-state index in [0.717, 1.165) is 17.4 Å². The van der Waals surface area contributed by atoms with Crippen molar-refractivity contribution >= 4 is 20.9 Å². The van der Waals surface area contributed by atoms with Crippen LogP contribution in [0.5, 0.6) is 5.75 Å². The molecule has 0 aliphatic heterocycles. The fraction of sp³-hybridized carbons (Fsp3) is 0.368. The summed E-state index contributed by atoms with van der Waals surface area (Å²) in [6, 6.07) is 8.15. The normalized spacial score (nSPS) is 12.6. The van der Waals surface area contributed by atoms with Crippen LogP contribution in [0.4, 0.5) is 0 Å². The first-order valence-corrected chi connectivity index (χ1v) is 10.4. The first-order chi connectivity index (χ1) is 12.5. The molecule has 0 amide bonds. The minimum absolute atomic E-state index is 0.0139. The minimum atomic E-state index is -3.35. The van der Waals surface area contributed by atoms with Crippen LogP contribution in [0, 0.1) is 0 Å². The molecule has 2 N–H and O–H groups in total. The molecule has 0 spiro atoms. The molecule has 0 saturated carbocycles. The van der Waals surface area contributed by atoms with Crippen molar-refractivity contribution in [1.82, 2.24) is 15.0 Å². The summed E-state index contributed by atoms with van der Waals surface area (Å²) in [5, 5.41) is 28.9. The highest BCUT2D eigenvalue weighted by atomic mass is 32.2. The molecule has 0 atom stereocenters. The Morgan fingerprint density at radius 2 is 1.74 bits per heavy atom. The first kappa shape index (κ1) is 19.3. The molecule has 0 radical (unpaired) electrons. The lowest BCUT2D eigenvalue weighted by molar-refractivity contribution is 0.299. The van der Waals surface area contributed by atoms with Crippen molar-refractivity contribution in [2.24, 2.45) is 0 Å². The molecule has 0 fully saturated rings. The fourth-order valence-corrected chi connectivity index (χ4v) is 3.55. The van der Waals surface area contributed by atoms with Crippen molar-refractivity contribution in [3.05, 3.63) is 41.5 Å². The van der Waals surface area contributed by atoms with E-state index in [1.807, 2.05) is 26.8 Å². The molecule has 8 heteroatoms. The summed E-state index contributed by atoms with van der Waals surface area (Å²) in [5.41, 5.74) is 2.59. The van der Waals surface area contributed by atoms with E-state index >= 15 is 0 Å². The lowest BCUT2D eigenvalue weighted by atomic mass is 9.84. The van der Waals surface area contributed by atoms with E-state index in [1.165, 1.54) is 16.9 Å². The van der Waals surface area contributed by atoms with Crippen LogP contribution in [0.25, 0.3) is 16.7 Å². The van der Waals surface area contributed by atoms with E-state index in [-0.39, 0.29) is 22.7 Å². The Kier molecular flexibility index (Phi) is 4.73. The van der Waals surface area contributed by atoms with Gasteiger partial charge in [-0.2, -0.15) is 0 Å². The Balaban J connectivity index is 2.22. The molecule has 27 heavy (non-hydrogen) atoms. The van der Waals surface area contributed by atoms with Crippen molar-refractivity contribution in [2.45, 2.75) is 37.5 Å². The number of benzene rings is 2. The van der Waals surface area contributed by atoms with E-state index in [1.54, 1.807) is 12.1 Å². The van der Waals surface area contributed by atoms with Crippen molar-refractivity contribution in [2.75, 3.05) is 12.9 Å². The third kappa shape index (κ3) is 3.81. The number of nitrogens with zero attached hydrogens (tertiary/aromatic N) is 3. The fourth-order valence-electron chi connectivity index (χ4n) is 2.91. The SMILES string of the molecule is CC(C)(C)c1cc(CCO)cc(-n2nc3ccc(S(C)(=O)=O)cc3n2)c1O. The lowest BCUT2D eigenvalue weighted by Gasteiger charge is -2.23. The van der Waals surface area contributed by atoms with Crippen molar-refractivity contribution in [1.29, 1.82) is 0 Å². The molecule has 3 aromatic rings. The molecule has 0 unspecified atom stereocenters. The Labute approximate surface area is 158 Å². The number of fused-ring (bicyclic) bond motifs is 1. The second-order valence-electron chi connectivity index (χ2n) is 7.65. The van der Waals surface area contributed by atoms with Crippen molar-refractivity contribution in [3.63, 3.8) is 0 Å². The first-order valence-electron chi connectivity index (χ1n) is 8.55. The lowest BCUT2D eigenvalue weighted by Crippen LogP contribution is -2.14. The van der Waals surface area contributed by atoms with Gasteiger partial charge < -0.3 is 10.2 Å². The average molecular weight is 389 g/mol. The molecular formula is C19H23N3O4S. The number of aliphatic hydroxyl groups is 1. The zero-order valence-electron chi connectivity index (χ0n) is 15.8. The largest absolute Gasteiger partial charge is 0.505 e. The van der Waals surface area contributed by atoms with Crippen LogP contribution in [-0.4, -0.2) is 46.5 Å². The second-order valence-corrected chi connectivity index (χ2v) is 9.66. The Bertz CT molecular complexity index is 1110. The molecule has 0 bridgehead atoms. The number of phenols is 1. The third-order valence-corrected chi connectivity index (χ3v) is 5.46. The van der Waals surface area contributed by atoms with Gasteiger partial charge in [-0.05, 0) is 41.7 Å². The van der Waals surface area contributed by atoms with E-state index < -0.39 is 9.84 Å². The van der Waals surface area contributed by atoms with Gasteiger partial charge in [0.1, 0.15) is 22.5 Å². The van der Waals surface area contributed by atoms with Crippen LogP contribution in [-0.2, 0) is 21.7 Å². The summed E-state index contributed by atoms with van der Waals surface area (Å²) >= 11 is 0. The van der Waals surface area contributed by atoms with Gasteiger partial charge in [0.2, 0.25) is 0 Å². The number of aromatic hydroxyl groups is 1. The maximum Gasteiger partial charge on any atom is 0.175 e. The third-order valence-electron chi connectivity index (χ3n) is 4.35. The number of sulfone groups is 1. The van der Waals surface area contributed by atoms with Crippen LogP contribution in [0.1, 0.15) is 31.9 Å². The predicted octanol–water partition coefficient (Wildman–Crippen LogP) is 2.36. The zero-order valence-corrected chi connectivity index (χ0v) is 16.6. The van der Waals surface area contributed by atoms with Crippen LogP contribution < -0.4 is 0 Å². The van der Waals surface area contributed by atoms with Crippen molar-refractivity contribution in [3.8, 4) is 11.4 Å². The van der Waals surface area contributed by atoms with Gasteiger partial charge >= 0.3 is 0 Å². The number of hydrogen-bond acceptors (Lipinski definition) is 6. The quantitative estimate of drug-likeness (QED) is 0.710. The summed E-state index contributed by atoms with van der Waals surface area (Å²) in [4.78, 5) is 1.47. The standard InChI is InChI=1S/C19H23N3O4S/c1-19(2,3)14-9-12(7-8-23)10-17(18(14)24)22-20-15-6-5-13(27(4,25)26)11-16(15)21-22/h5-6,9-11,23-24H,7-8H2,1-4H3. The van der Waals surface area contributed by atoms with E-state index in [0.29, 0.717) is 23.1 Å². The molecule has 0 aliphatic rings. The predicted molar refractivity (Wildman–Crippen MR) is 103 cm³/mol. The summed E-state index contributed by atoms with van der Waals surface area (Å²) in [6.07, 6.45) is 1.58. The number of aliphatic hydroxyl groups excluding tert-OH is 1. The van der Waals surface area contributed by atoms with Gasteiger partial charge in [0.15, 0.2) is 9.84 Å². The number of phenolic OH excluding ortho intramolecular Hbond substituents is 1. The molecule has 1 aromatic heterocycles. The van der Waals surface area contributed by atoms with Gasteiger partial charge in [0, 0.05) is 18.4 Å². The number of rotatable bonds is 4. The highest BCUT2D eigenvalue weighted by Gasteiger charge is 2.23. The Hall–Kier alpha value is -2.45. The number of hydrogen-bond donors (Lipinski definition) is 2. The molecule has 0 saturated heterocycles. The Morgan fingerprint density at radius 1 is 1.07 bits per heavy atom. The van der Waals surface area contributed by atoms with Gasteiger partial charge in [-0.15, -0.1) is 15.0 Å². The van der Waals surface area contributed by atoms with Crippen LogP contribution in [0.2, 0.25) is 0 Å². The monoisotopic (exact) mass is 389 g/mol. The van der Waals surface area contributed by atoms with E-state index in [4.69, 9.17) is 0 Å². The molecule has 2 aromatic carbocycles. The number of aromatic nitrogens is 3. The second kappa shape index (κ2) is 6.61. The minimum Gasteiger partial charge on any atom is -0.505 e. The zero-order chi connectivity index (χ0) is 20.0. The van der Waals surface area contributed by atoms with Crippen LogP contribution in [0.15, 0.2) is 35.2 Å². The van der Waals surface area contributed by atoms with Crippen LogP contribution >= 0.6 is 0 Å². The molecule has 7 nitrogen and oxygen atoms in total. The molecule has 1 heterocycles. The van der Waals surface area contributed by atoms with Crippen molar-refractivity contribution < 1.29 is 18.6 Å². The van der Waals surface area contributed by atoms with Crippen LogP contribution in [0.3, 0.4) is 0 Å². The summed E-state index contributed by atoms with van der Waals surface area (Å²) in [6.45, 7) is 5.94. The smallest absolute Gasteiger partial charge is 0.175 e. The topological polar surface area (TPSA) is 105 Å². The maximum atomic E-state index is 11.8. The molecule has 0 aliphatic carbocycles. The van der Waals surface area contributed by atoms with Gasteiger partial charge in [-0.25, -0.2) is 8.42 Å². The maximum absolute atomic E-state index is 11.8. The molecular weight excluding hydrogens is 366 g/mol. The van der Waals surface area contributed by atoms with Gasteiger partial charge in [-0.3, -0.25) is 0 Å². The van der Waals surface area contributed by atoms with Gasteiger partial charge in [0.25, 0.3) is 0 Å². The summed E-state index contributed by atoms with van der Waals surface area (Å²) in [7, 11) is -3.35. The van der Waals surface area contributed by atoms with Gasteiger partial charge in [-0.1, -0.05) is 26.8 Å². The molecule has 144 valence electrons.